The van der Waals surface area contributed by atoms with Crippen LogP contribution in [0.1, 0.15) is 0 Å². The first kappa shape index (κ1) is 22.4. The van der Waals surface area contributed by atoms with Gasteiger partial charge < -0.3 is 10.1 Å². The summed E-state index contributed by atoms with van der Waals surface area (Å²) in [5, 5.41) is 2.96. The number of carbonyl (C=O) groups excluding carboxylic acids is 1. The molecule has 0 bridgehead atoms. The molecule has 0 saturated heterocycles. The maximum atomic E-state index is 12.4. The Hall–Kier alpha value is -1.93. The van der Waals surface area contributed by atoms with Gasteiger partial charge in [0, 0.05) is 5.69 Å². The predicted octanol–water partition coefficient (Wildman–Crippen LogP) is 4.62. The average molecular weight is 464 g/mol. The lowest BCUT2D eigenvalue weighted by Gasteiger charge is -2.23. The molecule has 2 aromatic carbocycles. The highest BCUT2D eigenvalue weighted by Crippen LogP contribution is 2.35. The fourth-order valence-corrected chi connectivity index (χ4v) is 3.76. The molecule has 28 heavy (non-hydrogen) atoms. The summed E-state index contributed by atoms with van der Waals surface area (Å²) in [5.41, 5.74) is 0.534. The van der Waals surface area contributed by atoms with E-state index in [0.29, 0.717) is 18.0 Å². The molecule has 150 valence electrons. The van der Waals surface area contributed by atoms with Crippen LogP contribution in [0.4, 0.5) is 11.4 Å². The smallest absolute Gasteiger partial charge is 0.245 e. The number of hydrogen-bond donors (Lipinski definition) is 1. The van der Waals surface area contributed by atoms with Gasteiger partial charge in [-0.05, 0) is 36.4 Å². The summed E-state index contributed by atoms with van der Waals surface area (Å²) in [6.07, 6.45) is 2.58. The molecule has 0 fully saturated rings. The van der Waals surface area contributed by atoms with Crippen LogP contribution in [0.3, 0.4) is 0 Å². The van der Waals surface area contributed by atoms with Gasteiger partial charge >= 0.3 is 0 Å². The molecular weight excluding hydrogens is 447 g/mol. The maximum absolute atomic E-state index is 12.4. The lowest BCUT2D eigenvalue weighted by Crippen LogP contribution is -2.37. The first-order valence-corrected chi connectivity index (χ1v) is 10.9. The average Bonchev–Trinajstić information content (AvgIpc) is 2.61. The van der Waals surface area contributed by atoms with Crippen LogP contribution < -0.4 is 14.4 Å². The highest BCUT2D eigenvalue weighted by Gasteiger charge is 2.24. The van der Waals surface area contributed by atoms with Gasteiger partial charge in [-0.3, -0.25) is 9.10 Å². The van der Waals surface area contributed by atoms with Crippen LogP contribution in [0.5, 0.6) is 5.75 Å². The minimum absolute atomic E-state index is 0.0522. The zero-order chi connectivity index (χ0) is 20.9. The van der Waals surface area contributed by atoms with E-state index in [4.69, 9.17) is 39.5 Å². The van der Waals surface area contributed by atoms with E-state index in [1.165, 1.54) is 12.1 Å². The molecule has 0 heterocycles. The monoisotopic (exact) mass is 462 g/mol. The standard InChI is InChI=1S/C18H17Cl3N2O4S/c1-3-8-27-13-6-4-12(5-7-13)22-18(24)11-23(28(2,25)26)17-10-15(20)14(19)9-16(17)21/h3-7,9-10H,1,8,11H2,2H3,(H,22,24). The molecule has 6 nitrogen and oxygen atoms in total. The third kappa shape index (κ3) is 6.04. The molecule has 0 saturated carbocycles. The second-order valence-electron chi connectivity index (χ2n) is 5.66. The zero-order valence-corrected chi connectivity index (χ0v) is 17.9. The van der Waals surface area contributed by atoms with Crippen molar-refractivity contribution in [3.8, 4) is 5.75 Å². The fourth-order valence-electron chi connectivity index (χ4n) is 2.20. The van der Waals surface area contributed by atoms with E-state index < -0.39 is 22.5 Å². The van der Waals surface area contributed by atoms with Gasteiger partial charge in [0.15, 0.2) is 0 Å². The van der Waals surface area contributed by atoms with E-state index in [1.807, 2.05) is 0 Å². The SMILES string of the molecule is C=CCOc1ccc(NC(=O)CN(c2cc(Cl)c(Cl)cc2Cl)S(C)(=O)=O)cc1. The Kier molecular flexibility index (Phi) is 7.60. The summed E-state index contributed by atoms with van der Waals surface area (Å²) in [7, 11) is -3.82. The van der Waals surface area contributed by atoms with Gasteiger partial charge in [0.2, 0.25) is 15.9 Å². The van der Waals surface area contributed by atoms with E-state index in [-0.39, 0.29) is 20.8 Å². The number of nitrogens with zero attached hydrogens (tertiary/aromatic N) is 1. The molecule has 0 aromatic heterocycles. The number of amides is 1. The van der Waals surface area contributed by atoms with Crippen LogP contribution in [0.25, 0.3) is 0 Å². The second-order valence-corrected chi connectivity index (χ2v) is 8.79. The number of anilines is 2. The molecule has 0 aliphatic heterocycles. The summed E-state index contributed by atoms with van der Waals surface area (Å²) < 4.78 is 30.6. The summed E-state index contributed by atoms with van der Waals surface area (Å²) in [4.78, 5) is 12.4. The number of nitrogens with one attached hydrogen (secondary N) is 1. The Morgan fingerprint density at radius 2 is 1.75 bits per heavy atom. The number of hydrogen-bond acceptors (Lipinski definition) is 4. The van der Waals surface area contributed by atoms with Gasteiger partial charge in [-0.25, -0.2) is 8.42 Å². The molecule has 0 aliphatic rings. The zero-order valence-electron chi connectivity index (χ0n) is 14.8. The summed E-state index contributed by atoms with van der Waals surface area (Å²) in [6.45, 7) is 3.43. The lowest BCUT2D eigenvalue weighted by molar-refractivity contribution is -0.114. The van der Waals surface area contributed by atoms with Crippen LogP contribution >= 0.6 is 34.8 Å². The number of carbonyl (C=O) groups is 1. The van der Waals surface area contributed by atoms with Crippen molar-refractivity contribution in [1.82, 2.24) is 0 Å². The van der Waals surface area contributed by atoms with E-state index in [2.05, 4.69) is 11.9 Å². The largest absolute Gasteiger partial charge is 0.490 e. The summed E-state index contributed by atoms with van der Waals surface area (Å²) in [5.74, 6) is 0.0468. The molecule has 1 amide bonds. The van der Waals surface area contributed by atoms with Crippen LogP contribution in [0, 0.1) is 0 Å². The Bertz CT molecular complexity index is 979. The van der Waals surface area contributed by atoms with Crippen molar-refractivity contribution >= 4 is 62.1 Å². The van der Waals surface area contributed by atoms with Gasteiger partial charge in [0.05, 0.1) is 27.0 Å². The number of halogens is 3. The first-order valence-electron chi connectivity index (χ1n) is 7.87. The van der Waals surface area contributed by atoms with Crippen molar-refractivity contribution in [3.05, 3.63) is 64.1 Å². The van der Waals surface area contributed by atoms with Crippen molar-refractivity contribution in [2.24, 2.45) is 0 Å². The number of ether oxygens (including phenoxy) is 1. The van der Waals surface area contributed by atoms with Crippen molar-refractivity contribution in [2.45, 2.75) is 0 Å². The highest BCUT2D eigenvalue weighted by atomic mass is 35.5. The van der Waals surface area contributed by atoms with Gasteiger partial charge in [-0.1, -0.05) is 47.5 Å². The van der Waals surface area contributed by atoms with Crippen LogP contribution in [-0.2, 0) is 14.8 Å². The number of rotatable bonds is 8. The Labute approximate surface area is 178 Å². The molecule has 1 N–H and O–H groups in total. The van der Waals surface area contributed by atoms with E-state index in [9.17, 15) is 13.2 Å². The topological polar surface area (TPSA) is 75.7 Å². The first-order chi connectivity index (χ1) is 13.1. The molecule has 0 spiro atoms. The highest BCUT2D eigenvalue weighted by molar-refractivity contribution is 7.92. The van der Waals surface area contributed by atoms with Gasteiger partial charge in [-0.2, -0.15) is 0 Å². The van der Waals surface area contributed by atoms with Crippen molar-refractivity contribution in [1.29, 1.82) is 0 Å². The normalized spacial score (nSPS) is 11.0. The van der Waals surface area contributed by atoms with E-state index in [0.717, 1.165) is 10.6 Å². The molecule has 0 radical (unpaired) electrons. The van der Waals surface area contributed by atoms with Crippen molar-refractivity contribution in [2.75, 3.05) is 29.0 Å². The van der Waals surface area contributed by atoms with Crippen LogP contribution in [0.15, 0.2) is 49.1 Å². The summed E-state index contributed by atoms with van der Waals surface area (Å²) in [6, 6.07) is 9.22. The van der Waals surface area contributed by atoms with Crippen molar-refractivity contribution in [3.63, 3.8) is 0 Å². The fraction of sp³-hybridized carbons (Fsp3) is 0.167. The predicted molar refractivity (Wildman–Crippen MR) is 114 cm³/mol. The van der Waals surface area contributed by atoms with Gasteiger partial charge in [0.1, 0.15) is 18.9 Å². The third-order valence-electron chi connectivity index (χ3n) is 3.45. The molecule has 2 rings (SSSR count). The molecule has 10 heteroatoms. The minimum Gasteiger partial charge on any atom is -0.490 e. The minimum atomic E-state index is -3.82. The van der Waals surface area contributed by atoms with Crippen LogP contribution in [-0.4, -0.2) is 33.7 Å². The second kappa shape index (κ2) is 9.52. The van der Waals surface area contributed by atoms with Gasteiger partial charge in [-0.15, -0.1) is 0 Å². The lowest BCUT2D eigenvalue weighted by atomic mass is 10.3. The molecule has 0 atom stereocenters. The molecular formula is C18H17Cl3N2O4S. The third-order valence-corrected chi connectivity index (χ3v) is 5.60. The van der Waals surface area contributed by atoms with E-state index in [1.54, 1.807) is 30.3 Å². The van der Waals surface area contributed by atoms with Crippen molar-refractivity contribution < 1.29 is 17.9 Å². The maximum Gasteiger partial charge on any atom is 0.245 e. The Morgan fingerprint density at radius 1 is 1.14 bits per heavy atom. The Morgan fingerprint density at radius 3 is 2.32 bits per heavy atom. The quantitative estimate of drug-likeness (QED) is 0.458. The molecule has 0 aliphatic carbocycles. The molecule has 0 unspecified atom stereocenters. The number of benzene rings is 2. The number of sulfonamides is 1. The summed E-state index contributed by atoms with van der Waals surface area (Å²) >= 11 is 18.0. The van der Waals surface area contributed by atoms with Gasteiger partial charge in [0.25, 0.3) is 0 Å². The molecule has 2 aromatic rings. The Balaban J connectivity index is 2.18. The van der Waals surface area contributed by atoms with E-state index >= 15 is 0 Å². The van der Waals surface area contributed by atoms with Crippen LogP contribution in [0.2, 0.25) is 15.1 Å².